The van der Waals surface area contributed by atoms with Crippen LogP contribution in [-0.4, -0.2) is 9.78 Å². The summed E-state index contributed by atoms with van der Waals surface area (Å²) < 4.78 is 14.4. The van der Waals surface area contributed by atoms with Crippen molar-refractivity contribution in [3.63, 3.8) is 0 Å². The zero-order chi connectivity index (χ0) is 11.7. The lowest BCUT2D eigenvalue weighted by Gasteiger charge is -2.03. The van der Waals surface area contributed by atoms with Gasteiger partial charge in [-0.1, -0.05) is 0 Å². The number of hydrogen-bond donors (Lipinski definition) is 0. The van der Waals surface area contributed by atoms with Crippen molar-refractivity contribution in [2.75, 3.05) is 0 Å². The zero-order valence-corrected chi connectivity index (χ0v) is 9.03. The third-order valence-corrected chi connectivity index (χ3v) is 2.47. The second-order valence-electron chi connectivity index (χ2n) is 3.55. The minimum atomic E-state index is -0.286. The average Bonchev–Trinajstić information content (AvgIpc) is 2.55. The Balaban J connectivity index is 2.58. The van der Waals surface area contributed by atoms with Crippen LogP contribution in [0.5, 0.6) is 0 Å². The highest BCUT2D eigenvalue weighted by atomic mass is 19.1. The van der Waals surface area contributed by atoms with Crippen molar-refractivity contribution >= 4 is 0 Å². The van der Waals surface area contributed by atoms with E-state index in [2.05, 4.69) is 11.2 Å². The molecule has 4 heteroatoms. The number of hydrogen-bond acceptors (Lipinski definition) is 2. The summed E-state index contributed by atoms with van der Waals surface area (Å²) in [6.45, 7) is 3.60. The van der Waals surface area contributed by atoms with E-state index in [4.69, 9.17) is 5.26 Å². The maximum Gasteiger partial charge on any atom is 0.123 e. The highest BCUT2D eigenvalue weighted by Crippen LogP contribution is 2.17. The van der Waals surface area contributed by atoms with Crippen LogP contribution in [0, 0.1) is 31.0 Å². The van der Waals surface area contributed by atoms with Gasteiger partial charge in [0, 0.05) is 0 Å². The fourth-order valence-corrected chi connectivity index (χ4v) is 1.64. The van der Waals surface area contributed by atoms with Gasteiger partial charge in [0.05, 0.1) is 22.6 Å². The van der Waals surface area contributed by atoms with Gasteiger partial charge >= 0.3 is 0 Å². The van der Waals surface area contributed by atoms with Crippen molar-refractivity contribution in [1.29, 1.82) is 5.26 Å². The number of nitriles is 1. The Morgan fingerprint density at radius 3 is 2.38 bits per heavy atom. The van der Waals surface area contributed by atoms with Gasteiger partial charge in [-0.2, -0.15) is 10.4 Å². The zero-order valence-electron chi connectivity index (χ0n) is 9.03. The minimum Gasteiger partial charge on any atom is -0.236 e. The number of benzene rings is 1. The normalized spacial score (nSPS) is 10.1. The van der Waals surface area contributed by atoms with Crippen LogP contribution in [-0.2, 0) is 0 Å². The Morgan fingerprint density at radius 1 is 1.25 bits per heavy atom. The first-order valence-electron chi connectivity index (χ1n) is 4.85. The van der Waals surface area contributed by atoms with Crippen LogP contribution in [0.2, 0.25) is 0 Å². The molecule has 0 saturated carbocycles. The van der Waals surface area contributed by atoms with E-state index in [1.165, 1.54) is 12.1 Å². The molecule has 1 aromatic heterocycles. The lowest BCUT2D eigenvalue weighted by molar-refractivity contribution is 0.627. The molecule has 0 spiro atoms. The maximum absolute atomic E-state index is 12.8. The molecule has 80 valence electrons. The molecule has 0 amide bonds. The van der Waals surface area contributed by atoms with Crippen molar-refractivity contribution in [1.82, 2.24) is 9.78 Å². The molecule has 1 heterocycles. The van der Waals surface area contributed by atoms with Crippen LogP contribution < -0.4 is 0 Å². The summed E-state index contributed by atoms with van der Waals surface area (Å²) in [5.74, 6) is -0.286. The van der Waals surface area contributed by atoms with Crippen LogP contribution >= 0.6 is 0 Å². The number of aromatic nitrogens is 2. The summed E-state index contributed by atoms with van der Waals surface area (Å²) in [6, 6.07) is 8.12. The van der Waals surface area contributed by atoms with E-state index >= 15 is 0 Å². The van der Waals surface area contributed by atoms with Crippen molar-refractivity contribution < 1.29 is 4.39 Å². The Morgan fingerprint density at radius 2 is 1.88 bits per heavy atom. The molecular weight excluding hydrogens is 205 g/mol. The summed E-state index contributed by atoms with van der Waals surface area (Å²) in [5, 5.41) is 13.2. The molecule has 0 aliphatic carbocycles. The first kappa shape index (κ1) is 10.4. The highest BCUT2D eigenvalue weighted by molar-refractivity contribution is 5.42. The van der Waals surface area contributed by atoms with E-state index in [9.17, 15) is 4.39 Å². The lowest BCUT2D eigenvalue weighted by atomic mass is 10.2. The Kier molecular flexibility index (Phi) is 2.45. The molecule has 2 aromatic rings. The summed E-state index contributed by atoms with van der Waals surface area (Å²) >= 11 is 0. The molecule has 16 heavy (non-hydrogen) atoms. The number of halogens is 1. The Bertz CT molecular complexity index is 561. The van der Waals surface area contributed by atoms with Crippen LogP contribution in [0.4, 0.5) is 4.39 Å². The predicted molar refractivity (Wildman–Crippen MR) is 57.7 cm³/mol. The van der Waals surface area contributed by atoms with Crippen LogP contribution in [0.25, 0.3) is 5.69 Å². The first-order chi connectivity index (χ1) is 7.63. The topological polar surface area (TPSA) is 41.6 Å². The molecule has 1 aromatic carbocycles. The van der Waals surface area contributed by atoms with Gasteiger partial charge in [-0.15, -0.1) is 0 Å². The molecule has 0 aliphatic heterocycles. The van der Waals surface area contributed by atoms with Crippen LogP contribution in [0.15, 0.2) is 24.3 Å². The van der Waals surface area contributed by atoms with E-state index in [1.807, 2.05) is 6.92 Å². The van der Waals surface area contributed by atoms with E-state index in [0.29, 0.717) is 11.3 Å². The molecule has 0 fully saturated rings. The van der Waals surface area contributed by atoms with Crippen LogP contribution in [0.3, 0.4) is 0 Å². The van der Waals surface area contributed by atoms with E-state index in [0.717, 1.165) is 11.4 Å². The fourth-order valence-electron chi connectivity index (χ4n) is 1.64. The largest absolute Gasteiger partial charge is 0.236 e. The van der Waals surface area contributed by atoms with Gasteiger partial charge in [0.2, 0.25) is 0 Å². The minimum absolute atomic E-state index is 0.286. The van der Waals surface area contributed by atoms with Gasteiger partial charge in [-0.05, 0) is 38.1 Å². The average molecular weight is 215 g/mol. The SMILES string of the molecule is Cc1nn(-c2ccc(F)cc2)c(C)c1C#N. The summed E-state index contributed by atoms with van der Waals surface area (Å²) in [4.78, 5) is 0. The molecule has 2 rings (SSSR count). The van der Waals surface area contributed by atoms with Crippen molar-refractivity contribution in [3.8, 4) is 11.8 Å². The van der Waals surface area contributed by atoms with Gasteiger partial charge in [0.1, 0.15) is 11.9 Å². The molecule has 0 saturated heterocycles. The summed E-state index contributed by atoms with van der Waals surface area (Å²) in [7, 11) is 0. The van der Waals surface area contributed by atoms with E-state index in [1.54, 1.807) is 23.7 Å². The van der Waals surface area contributed by atoms with E-state index < -0.39 is 0 Å². The third kappa shape index (κ3) is 1.57. The third-order valence-electron chi connectivity index (χ3n) is 2.47. The summed E-state index contributed by atoms with van der Waals surface area (Å²) in [5.41, 5.74) is 2.78. The Hall–Kier alpha value is -2.15. The molecule has 0 N–H and O–H groups in total. The molecule has 0 aliphatic rings. The molecular formula is C12H10FN3. The quantitative estimate of drug-likeness (QED) is 0.733. The monoisotopic (exact) mass is 215 g/mol. The molecule has 0 atom stereocenters. The van der Waals surface area contributed by atoms with Gasteiger partial charge in [0.25, 0.3) is 0 Å². The Labute approximate surface area is 92.7 Å². The smallest absolute Gasteiger partial charge is 0.123 e. The number of nitrogens with zero attached hydrogens (tertiary/aromatic N) is 3. The first-order valence-corrected chi connectivity index (χ1v) is 4.85. The molecule has 3 nitrogen and oxygen atoms in total. The summed E-state index contributed by atoms with van der Waals surface area (Å²) in [6.07, 6.45) is 0. The van der Waals surface area contributed by atoms with Gasteiger partial charge < -0.3 is 0 Å². The lowest BCUT2D eigenvalue weighted by Crippen LogP contribution is -1.99. The predicted octanol–water partition coefficient (Wildman–Crippen LogP) is 2.50. The maximum atomic E-state index is 12.8. The van der Waals surface area contributed by atoms with Gasteiger partial charge in [-0.25, -0.2) is 9.07 Å². The standard InChI is InChI=1S/C12H10FN3/c1-8-12(7-14)9(2)16(15-8)11-5-3-10(13)4-6-11/h3-6H,1-2H3. The van der Waals surface area contributed by atoms with Gasteiger partial charge in [0.15, 0.2) is 0 Å². The van der Waals surface area contributed by atoms with Crippen molar-refractivity contribution in [2.45, 2.75) is 13.8 Å². The molecule has 0 bridgehead atoms. The van der Waals surface area contributed by atoms with Crippen LogP contribution in [0.1, 0.15) is 17.0 Å². The highest BCUT2D eigenvalue weighted by Gasteiger charge is 2.11. The molecule has 0 unspecified atom stereocenters. The number of aryl methyl sites for hydroxylation is 1. The van der Waals surface area contributed by atoms with Crippen molar-refractivity contribution in [3.05, 3.63) is 47.0 Å². The number of rotatable bonds is 1. The van der Waals surface area contributed by atoms with Crippen molar-refractivity contribution in [2.24, 2.45) is 0 Å². The second kappa shape index (κ2) is 3.78. The fraction of sp³-hybridized carbons (Fsp3) is 0.167. The van der Waals surface area contributed by atoms with Gasteiger partial charge in [-0.3, -0.25) is 0 Å². The van der Waals surface area contributed by atoms with E-state index in [-0.39, 0.29) is 5.82 Å². The molecule has 0 radical (unpaired) electrons. The second-order valence-corrected chi connectivity index (χ2v) is 3.55.